The predicted molar refractivity (Wildman–Crippen MR) is 112 cm³/mol. The Balaban J connectivity index is 1.52. The van der Waals surface area contributed by atoms with E-state index in [0.29, 0.717) is 17.2 Å². The van der Waals surface area contributed by atoms with Gasteiger partial charge in [0.15, 0.2) is 18.1 Å². The SMILES string of the molecule is COc1ccc(CNC(=O)COC(=O)c2ccc3c(c2)NC(=O)[C@H](C)S3)cc1OC. The molecule has 1 atom stereocenters. The first-order valence-corrected chi connectivity index (χ1v) is 10.1. The highest BCUT2D eigenvalue weighted by Gasteiger charge is 2.24. The molecule has 2 aromatic rings. The van der Waals surface area contributed by atoms with Crippen molar-refractivity contribution >= 4 is 35.2 Å². The minimum Gasteiger partial charge on any atom is -0.493 e. The van der Waals surface area contributed by atoms with Crippen LogP contribution in [0.15, 0.2) is 41.3 Å². The number of fused-ring (bicyclic) bond motifs is 1. The quantitative estimate of drug-likeness (QED) is 0.651. The normalized spacial score (nSPS) is 14.9. The number of ether oxygens (including phenoxy) is 3. The van der Waals surface area contributed by atoms with E-state index in [1.54, 1.807) is 43.5 Å². The van der Waals surface area contributed by atoms with E-state index in [2.05, 4.69) is 10.6 Å². The van der Waals surface area contributed by atoms with Crippen LogP contribution in [-0.2, 0) is 20.9 Å². The molecule has 0 spiro atoms. The highest BCUT2D eigenvalue weighted by atomic mass is 32.2. The number of carbonyl (C=O) groups excluding carboxylic acids is 3. The molecule has 0 unspecified atom stereocenters. The lowest BCUT2D eigenvalue weighted by Crippen LogP contribution is -2.28. The number of anilines is 1. The smallest absolute Gasteiger partial charge is 0.338 e. The van der Waals surface area contributed by atoms with Gasteiger partial charge in [0.1, 0.15) is 0 Å². The Labute approximate surface area is 178 Å². The highest BCUT2D eigenvalue weighted by Crippen LogP contribution is 2.36. The third kappa shape index (κ3) is 5.04. The second-order valence-corrected chi connectivity index (χ2v) is 7.89. The van der Waals surface area contributed by atoms with Crippen LogP contribution in [0.2, 0.25) is 0 Å². The molecular formula is C21H22N2O6S. The number of rotatable bonds is 7. The fourth-order valence-corrected chi connectivity index (χ4v) is 3.72. The summed E-state index contributed by atoms with van der Waals surface area (Å²) in [6.07, 6.45) is 0. The molecule has 8 nitrogen and oxygen atoms in total. The summed E-state index contributed by atoms with van der Waals surface area (Å²) >= 11 is 1.42. The summed E-state index contributed by atoms with van der Waals surface area (Å²) in [5, 5.41) is 5.25. The molecule has 0 aromatic heterocycles. The molecule has 0 radical (unpaired) electrons. The summed E-state index contributed by atoms with van der Waals surface area (Å²) in [4.78, 5) is 37.0. The summed E-state index contributed by atoms with van der Waals surface area (Å²) in [6.45, 7) is 1.64. The van der Waals surface area contributed by atoms with Crippen molar-refractivity contribution in [1.82, 2.24) is 5.32 Å². The van der Waals surface area contributed by atoms with Gasteiger partial charge in [-0.25, -0.2) is 4.79 Å². The van der Waals surface area contributed by atoms with Gasteiger partial charge in [0.2, 0.25) is 5.91 Å². The van der Waals surface area contributed by atoms with Crippen LogP contribution in [-0.4, -0.2) is 43.9 Å². The van der Waals surface area contributed by atoms with Crippen molar-refractivity contribution < 1.29 is 28.6 Å². The molecule has 30 heavy (non-hydrogen) atoms. The highest BCUT2D eigenvalue weighted by molar-refractivity contribution is 8.00. The minimum atomic E-state index is -0.642. The fraction of sp³-hybridized carbons (Fsp3) is 0.286. The third-order valence-corrected chi connectivity index (χ3v) is 5.60. The number of hydrogen-bond donors (Lipinski definition) is 2. The van der Waals surface area contributed by atoms with Crippen molar-refractivity contribution in [2.75, 3.05) is 26.1 Å². The molecule has 2 N–H and O–H groups in total. The molecule has 2 amide bonds. The van der Waals surface area contributed by atoms with Crippen LogP contribution in [0.3, 0.4) is 0 Å². The van der Waals surface area contributed by atoms with E-state index in [0.717, 1.165) is 10.5 Å². The van der Waals surface area contributed by atoms with Gasteiger partial charge in [-0.2, -0.15) is 0 Å². The van der Waals surface area contributed by atoms with Crippen molar-refractivity contribution in [2.24, 2.45) is 0 Å². The third-order valence-electron chi connectivity index (χ3n) is 4.42. The fourth-order valence-electron chi connectivity index (χ4n) is 2.79. The molecule has 1 aliphatic rings. The Kier molecular flexibility index (Phi) is 6.83. The maximum absolute atomic E-state index is 12.3. The number of hydrogen-bond acceptors (Lipinski definition) is 7. The van der Waals surface area contributed by atoms with Crippen molar-refractivity contribution in [1.29, 1.82) is 0 Å². The lowest BCUT2D eigenvalue weighted by molar-refractivity contribution is -0.124. The average molecular weight is 430 g/mol. The monoisotopic (exact) mass is 430 g/mol. The van der Waals surface area contributed by atoms with E-state index in [1.807, 2.05) is 6.92 Å². The zero-order valence-electron chi connectivity index (χ0n) is 16.8. The Morgan fingerprint density at radius 3 is 2.60 bits per heavy atom. The molecule has 3 rings (SSSR count). The van der Waals surface area contributed by atoms with E-state index in [1.165, 1.54) is 18.9 Å². The van der Waals surface area contributed by atoms with E-state index in [-0.39, 0.29) is 23.3 Å². The van der Waals surface area contributed by atoms with Crippen molar-refractivity contribution in [2.45, 2.75) is 23.6 Å². The van der Waals surface area contributed by atoms with Crippen LogP contribution in [0.5, 0.6) is 11.5 Å². The van der Waals surface area contributed by atoms with Gasteiger partial charge in [0.25, 0.3) is 5.91 Å². The van der Waals surface area contributed by atoms with E-state index < -0.39 is 18.5 Å². The molecule has 0 fully saturated rings. The summed E-state index contributed by atoms with van der Waals surface area (Å²) in [6, 6.07) is 10.2. The first-order valence-electron chi connectivity index (χ1n) is 9.17. The number of esters is 1. The van der Waals surface area contributed by atoms with Gasteiger partial charge in [-0.3, -0.25) is 9.59 Å². The zero-order valence-corrected chi connectivity index (χ0v) is 17.6. The Morgan fingerprint density at radius 2 is 1.87 bits per heavy atom. The van der Waals surface area contributed by atoms with Gasteiger partial charge < -0.3 is 24.8 Å². The maximum Gasteiger partial charge on any atom is 0.338 e. The number of thioether (sulfide) groups is 1. The van der Waals surface area contributed by atoms with Crippen LogP contribution < -0.4 is 20.1 Å². The Morgan fingerprint density at radius 1 is 1.10 bits per heavy atom. The van der Waals surface area contributed by atoms with Crippen molar-refractivity contribution in [3.8, 4) is 11.5 Å². The van der Waals surface area contributed by atoms with Gasteiger partial charge in [-0.05, 0) is 42.8 Å². The zero-order chi connectivity index (χ0) is 21.7. The number of benzene rings is 2. The van der Waals surface area contributed by atoms with Crippen LogP contribution in [0.4, 0.5) is 5.69 Å². The number of carbonyl (C=O) groups is 3. The number of amides is 2. The molecule has 2 aromatic carbocycles. The molecule has 1 aliphatic heterocycles. The molecule has 158 valence electrons. The van der Waals surface area contributed by atoms with Crippen LogP contribution >= 0.6 is 11.8 Å². The Bertz CT molecular complexity index is 978. The standard InChI is InChI=1S/C21H22N2O6S/c1-12-20(25)23-15-9-14(5-7-18(15)30-12)21(26)29-11-19(24)22-10-13-4-6-16(27-2)17(8-13)28-3/h4-9,12H,10-11H2,1-3H3,(H,22,24)(H,23,25)/t12-/m0/s1. The van der Waals surface area contributed by atoms with Crippen LogP contribution in [0.25, 0.3) is 0 Å². The largest absolute Gasteiger partial charge is 0.493 e. The first kappa shape index (κ1) is 21.5. The van der Waals surface area contributed by atoms with Crippen molar-refractivity contribution in [3.63, 3.8) is 0 Å². The minimum absolute atomic E-state index is 0.118. The van der Waals surface area contributed by atoms with Gasteiger partial charge in [0.05, 0.1) is 30.7 Å². The van der Waals surface area contributed by atoms with Gasteiger partial charge >= 0.3 is 5.97 Å². The van der Waals surface area contributed by atoms with Crippen molar-refractivity contribution in [3.05, 3.63) is 47.5 Å². The molecule has 0 saturated heterocycles. The maximum atomic E-state index is 12.3. The van der Waals surface area contributed by atoms with Gasteiger partial charge in [0, 0.05) is 11.4 Å². The molecule has 9 heteroatoms. The summed E-state index contributed by atoms with van der Waals surface area (Å²) in [7, 11) is 3.08. The second kappa shape index (κ2) is 9.53. The lowest BCUT2D eigenvalue weighted by Gasteiger charge is -2.21. The second-order valence-electron chi connectivity index (χ2n) is 6.50. The summed E-state index contributed by atoms with van der Waals surface area (Å²) in [5.41, 5.74) is 1.64. The van der Waals surface area contributed by atoms with Crippen LogP contribution in [0, 0.1) is 0 Å². The number of methoxy groups -OCH3 is 2. The topological polar surface area (TPSA) is 103 Å². The molecule has 0 saturated carbocycles. The Hall–Kier alpha value is -3.20. The first-order chi connectivity index (χ1) is 14.4. The van der Waals surface area contributed by atoms with Gasteiger partial charge in [-0.1, -0.05) is 6.07 Å². The summed E-state index contributed by atoms with van der Waals surface area (Å²) < 4.78 is 15.5. The average Bonchev–Trinajstić information content (AvgIpc) is 2.76. The number of nitrogens with one attached hydrogen (secondary N) is 2. The van der Waals surface area contributed by atoms with E-state index >= 15 is 0 Å². The molecular weight excluding hydrogens is 408 g/mol. The molecule has 0 bridgehead atoms. The predicted octanol–water partition coefficient (Wildman–Crippen LogP) is 2.61. The summed E-state index contributed by atoms with van der Waals surface area (Å²) in [5.74, 6) is -0.0448. The van der Waals surface area contributed by atoms with E-state index in [9.17, 15) is 14.4 Å². The van der Waals surface area contributed by atoms with E-state index in [4.69, 9.17) is 14.2 Å². The molecule has 1 heterocycles. The lowest BCUT2D eigenvalue weighted by atomic mass is 10.2. The molecule has 0 aliphatic carbocycles. The van der Waals surface area contributed by atoms with Gasteiger partial charge in [-0.15, -0.1) is 11.8 Å². The van der Waals surface area contributed by atoms with Crippen LogP contribution in [0.1, 0.15) is 22.8 Å².